The summed E-state index contributed by atoms with van der Waals surface area (Å²) in [6.07, 6.45) is 3.87. The van der Waals surface area contributed by atoms with Gasteiger partial charge in [0.15, 0.2) is 0 Å². The molecule has 1 fully saturated rings. The van der Waals surface area contributed by atoms with Crippen LogP contribution in [0.3, 0.4) is 0 Å². The Bertz CT molecular complexity index is 1190. The molecule has 0 unspecified atom stereocenters. The molecular formula is C25H28N2O3S. The van der Waals surface area contributed by atoms with E-state index in [1.54, 1.807) is 16.4 Å². The average Bonchev–Trinajstić information content (AvgIpc) is 3.08. The van der Waals surface area contributed by atoms with Crippen LogP contribution in [0.2, 0.25) is 0 Å². The van der Waals surface area contributed by atoms with Gasteiger partial charge in [-0.2, -0.15) is 4.31 Å². The van der Waals surface area contributed by atoms with Gasteiger partial charge in [-0.05, 0) is 53.8 Å². The second-order valence-corrected chi connectivity index (χ2v) is 10.1. The lowest BCUT2D eigenvalue weighted by atomic mass is 10.0. The number of rotatable bonds is 5. The monoisotopic (exact) mass is 436 g/mol. The van der Waals surface area contributed by atoms with Crippen LogP contribution in [0, 0.1) is 6.92 Å². The Kier molecular flexibility index (Phi) is 6.39. The molecule has 1 saturated heterocycles. The molecule has 1 amide bonds. The van der Waals surface area contributed by atoms with Crippen molar-refractivity contribution in [2.75, 3.05) is 13.1 Å². The first-order chi connectivity index (χ1) is 15.0. The van der Waals surface area contributed by atoms with Gasteiger partial charge in [-0.15, -0.1) is 0 Å². The molecule has 6 heteroatoms. The van der Waals surface area contributed by atoms with Crippen LogP contribution < -0.4 is 5.32 Å². The molecule has 3 aromatic carbocycles. The molecule has 0 atom stereocenters. The number of hydrogen-bond donors (Lipinski definition) is 1. The van der Waals surface area contributed by atoms with Crippen LogP contribution in [-0.4, -0.2) is 31.7 Å². The summed E-state index contributed by atoms with van der Waals surface area (Å²) < 4.78 is 27.9. The molecule has 31 heavy (non-hydrogen) atoms. The van der Waals surface area contributed by atoms with E-state index < -0.39 is 10.0 Å². The van der Waals surface area contributed by atoms with Crippen molar-refractivity contribution in [1.29, 1.82) is 0 Å². The molecular weight excluding hydrogens is 408 g/mol. The highest BCUT2D eigenvalue weighted by atomic mass is 32.2. The van der Waals surface area contributed by atoms with E-state index in [9.17, 15) is 13.2 Å². The van der Waals surface area contributed by atoms with E-state index in [1.807, 2.05) is 49.4 Å². The number of sulfonamides is 1. The highest BCUT2D eigenvalue weighted by Gasteiger charge is 2.26. The topological polar surface area (TPSA) is 66.5 Å². The summed E-state index contributed by atoms with van der Waals surface area (Å²) in [5, 5.41) is 5.19. The van der Waals surface area contributed by atoms with Gasteiger partial charge in [0.1, 0.15) is 0 Å². The number of carbonyl (C=O) groups is 1. The van der Waals surface area contributed by atoms with Crippen molar-refractivity contribution >= 4 is 26.7 Å². The number of amides is 1. The summed E-state index contributed by atoms with van der Waals surface area (Å²) in [5.74, 6) is -0.265. The maximum atomic E-state index is 13.1. The van der Waals surface area contributed by atoms with Gasteiger partial charge < -0.3 is 5.32 Å². The highest BCUT2D eigenvalue weighted by molar-refractivity contribution is 7.89. The molecule has 3 aromatic rings. The highest BCUT2D eigenvalue weighted by Crippen LogP contribution is 2.23. The minimum atomic E-state index is -3.60. The lowest BCUT2D eigenvalue weighted by molar-refractivity contribution is 0.0950. The predicted octanol–water partition coefficient (Wildman–Crippen LogP) is 4.64. The van der Waals surface area contributed by atoms with Crippen LogP contribution in [0.25, 0.3) is 10.8 Å². The minimum Gasteiger partial charge on any atom is -0.348 e. The first-order valence-electron chi connectivity index (χ1n) is 10.8. The zero-order valence-electron chi connectivity index (χ0n) is 17.8. The van der Waals surface area contributed by atoms with Crippen LogP contribution in [0.4, 0.5) is 0 Å². The summed E-state index contributed by atoms with van der Waals surface area (Å²) >= 11 is 0. The van der Waals surface area contributed by atoms with E-state index in [-0.39, 0.29) is 10.8 Å². The zero-order chi connectivity index (χ0) is 21.8. The third-order valence-corrected chi connectivity index (χ3v) is 7.87. The van der Waals surface area contributed by atoms with Crippen LogP contribution in [0.1, 0.15) is 47.2 Å². The quantitative estimate of drug-likeness (QED) is 0.633. The van der Waals surface area contributed by atoms with E-state index in [0.29, 0.717) is 25.2 Å². The van der Waals surface area contributed by atoms with E-state index in [2.05, 4.69) is 5.32 Å². The Morgan fingerprint density at radius 2 is 1.65 bits per heavy atom. The Labute approximate surface area is 184 Å². The molecule has 0 spiro atoms. The van der Waals surface area contributed by atoms with Crippen molar-refractivity contribution in [1.82, 2.24) is 9.62 Å². The van der Waals surface area contributed by atoms with Crippen LogP contribution in [0.15, 0.2) is 65.6 Å². The second kappa shape index (κ2) is 9.20. The van der Waals surface area contributed by atoms with Gasteiger partial charge in [-0.25, -0.2) is 8.42 Å². The first kappa shape index (κ1) is 21.5. The summed E-state index contributed by atoms with van der Waals surface area (Å²) in [5.41, 5.74) is 2.18. The fourth-order valence-corrected chi connectivity index (χ4v) is 5.70. The second-order valence-electron chi connectivity index (χ2n) is 8.12. The van der Waals surface area contributed by atoms with Crippen molar-refractivity contribution in [3.63, 3.8) is 0 Å². The largest absolute Gasteiger partial charge is 0.348 e. The molecule has 1 aliphatic rings. The zero-order valence-corrected chi connectivity index (χ0v) is 18.6. The van der Waals surface area contributed by atoms with Crippen LogP contribution in [0.5, 0.6) is 0 Å². The smallest absolute Gasteiger partial charge is 0.251 e. The number of nitrogens with one attached hydrogen (secondary N) is 1. The maximum absolute atomic E-state index is 13.1. The normalized spacial score (nSPS) is 15.5. The molecule has 0 radical (unpaired) electrons. The number of hydrogen-bond acceptors (Lipinski definition) is 3. The Balaban J connectivity index is 1.55. The fourth-order valence-electron chi connectivity index (χ4n) is 4.15. The molecule has 162 valence electrons. The fraction of sp³-hybridized carbons (Fsp3) is 0.320. The Morgan fingerprint density at radius 1 is 0.935 bits per heavy atom. The van der Waals surface area contributed by atoms with Crippen LogP contribution >= 0.6 is 0 Å². The van der Waals surface area contributed by atoms with Crippen molar-refractivity contribution in [2.45, 2.75) is 44.0 Å². The van der Waals surface area contributed by atoms with Gasteiger partial charge >= 0.3 is 0 Å². The summed E-state index contributed by atoms with van der Waals surface area (Å²) in [7, 11) is -3.60. The predicted molar refractivity (Wildman–Crippen MR) is 124 cm³/mol. The molecule has 1 aliphatic heterocycles. The van der Waals surface area contributed by atoms with Gasteiger partial charge in [0, 0.05) is 25.2 Å². The lowest BCUT2D eigenvalue weighted by Crippen LogP contribution is -2.32. The molecule has 0 aliphatic carbocycles. The number of nitrogens with zero attached hydrogens (tertiary/aromatic N) is 1. The number of fused-ring (bicyclic) bond motifs is 1. The summed E-state index contributed by atoms with van der Waals surface area (Å²) in [6.45, 7) is 3.29. The SMILES string of the molecule is Cc1ccc(S(=O)(=O)N2CCCCCC2)cc1C(=O)NCc1cccc2ccccc12. The van der Waals surface area contributed by atoms with Crippen LogP contribution in [-0.2, 0) is 16.6 Å². The van der Waals surface area contributed by atoms with E-state index in [4.69, 9.17) is 0 Å². The maximum Gasteiger partial charge on any atom is 0.251 e. The molecule has 1 N–H and O–H groups in total. The van der Waals surface area contributed by atoms with Crippen molar-refractivity contribution in [3.8, 4) is 0 Å². The van der Waals surface area contributed by atoms with Crippen molar-refractivity contribution < 1.29 is 13.2 Å². The standard InChI is InChI=1S/C25H28N2O3S/c1-19-13-14-22(31(29,30)27-15-6-2-3-7-16-27)17-24(19)25(28)26-18-21-11-8-10-20-9-4-5-12-23(20)21/h4-5,8-14,17H,2-3,6-7,15-16,18H2,1H3,(H,26,28). The van der Waals surface area contributed by atoms with Gasteiger partial charge in [0.05, 0.1) is 4.90 Å². The third-order valence-electron chi connectivity index (χ3n) is 5.98. The Morgan fingerprint density at radius 3 is 2.42 bits per heavy atom. The van der Waals surface area contributed by atoms with E-state index in [0.717, 1.165) is 47.6 Å². The van der Waals surface area contributed by atoms with Crippen molar-refractivity contribution in [3.05, 3.63) is 77.4 Å². The van der Waals surface area contributed by atoms with Gasteiger partial charge in [-0.1, -0.05) is 61.4 Å². The number of carbonyl (C=O) groups excluding carboxylic acids is 1. The molecule has 0 bridgehead atoms. The third kappa shape index (κ3) is 4.65. The molecule has 5 nitrogen and oxygen atoms in total. The van der Waals surface area contributed by atoms with Gasteiger partial charge in [-0.3, -0.25) is 4.79 Å². The van der Waals surface area contributed by atoms with Gasteiger partial charge in [0.2, 0.25) is 10.0 Å². The molecule has 4 rings (SSSR count). The lowest BCUT2D eigenvalue weighted by Gasteiger charge is -2.20. The summed E-state index contributed by atoms with van der Waals surface area (Å²) in [4.78, 5) is 13.2. The van der Waals surface area contributed by atoms with E-state index in [1.165, 1.54) is 6.07 Å². The van der Waals surface area contributed by atoms with E-state index >= 15 is 0 Å². The number of benzene rings is 3. The minimum absolute atomic E-state index is 0.190. The molecule has 0 saturated carbocycles. The molecule has 0 aromatic heterocycles. The number of aryl methyl sites for hydroxylation is 1. The Hall–Kier alpha value is -2.70. The van der Waals surface area contributed by atoms with Gasteiger partial charge in [0.25, 0.3) is 5.91 Å². The summed E-state index contributed by atoms with van der Waals surface area (Å²) in [6, 6.07) is 18.9. The average molecular weight is 437 g/mol. The van der Waals surface area contributed by atoms with Crippen molar-refractivity contribution in [2.24, 2.45) is 0 Å². The molecule has 1 heterocycles. The first-order valence-corrected chi connectivity index (χ1v) is 12.3.